The van der Waals surface area contributed by atoms with E-state index in [-0.39, 0.29) is 26.1 Å². The predicted octanol–water partition coefficient (Wildman–Crippen LogP) is -0.0244. The Balaban J connectivity index is 0.000000360. The molecule has 0 fully saturated rings. The molecule has 0 saturated carbocycles. The zero-order valence-electron chi connectivity index (χ0n) is 4.58. The summed E-state index contributed by atoms with van der Waals surface area (Å²) in [4.78, 5) is 0. The monoisotopic (exact) mass is 205 g/mol. The van der Waals surface area contributed by atoms with Crippen molar-refractivity contribution in [2.45, 2.75) is 13.8 Å². The Bertz CT molecular complexity index is 103. The smallest absolute Gasteiger partial charge is 0.412 e. The van der Waals surface area contributed by atoms with Crippen LogP contribution in [0.4, 0.5) is 0 Å². The first kappa shape index (κ1) is 7.37. The molecule has 0 bridgehead atoms. The molecule has 1 aliphatic rings. The number of hydrogen-bond acceptors (Lipinski definition) is 0. The average molecular weight is 204 g/mol. The second-order valence-electron chi connectivity index (χ2n) is 1.64. The molecular weight excluding hydrogens is 195 g/mol. The van der Waals surface area contributed by atoms with Gasteiger partial charge < -0.3 is 5.48 Å². The standard InChI is InChI=1S/C5H7.H2O.Sn/c1-3-5-4-2;;/h5H,1-2H3;1H2;. The zero-order valence-corrected chi connectivity index (χ0v) is 7.43. The van der Waals surface area contributed by atoms with E-state index in [0.717, 1.165) is 0 Å². The Labute approximate surface area is 53.4 Å². The minimum Gasteiger partial charge on any atom is -0.412 e. The van der Waals surface area contributed by atoms with Crippen molar-refractivity contribution in [1.82, 2.24) is 0 Å². The Hall–Kier alpha value is 0.369. The molecule has 0 aromatic rings. The molecule has 0 spiro atoms. The fraction of sp³-hybridized carbons (Fsp3) is 0.400. The van der Waals surface area contributed by atoms with Crippen LogP contribution in [0.3, 0.4) is 0 Å². The van der Waals surface area contributed by atoms with Gasteiger partial charge in [0.1, 0.15) is 0 Å². The van der Waals surface area contributed by atoms with Gasteiger partial charge in [-0.1, -0.05) is 0 Å². The third kappa shape index (κ3) is 1.74. The summed E-state index contributed by atoms with van der Waals surface area (Å²) in [5.74, 6) is 0. The Morgan fingerprint density at radius 3 is 1.86 bits per heavy atom. The van der Waals surface area contributed by atoms with E-state index in [0.29, 0.717) is 0 Å². The van der Waals surface area contributed by atoms with Crippen LogP contribution in [-0.2, 0) is 0 Å². The summed E-state index contributed by atoms with van der Waals surface area (Å²) < 4.78 is 3.38. The van der Waals surface area contributed by atoms with Crippen LogP contribution < -0.4 is 0 Å². The quantitative estimate of drug-likeness (QED) is 0.496. The van der Waals surface area contributed by atoms with Gasteiger partial charge >= 0.3 is 47.7 Å². The number of allylic oxidation sites excluding steroid dienone is 2. The van der Waals surface area contributed by atoms with E-state index in [4.69, 9.17) is 0 Å². The predicted molar refractivity (Wildman–Crippen MR) is 33.8 cm³/mol. The van der Waals surface area contributed by atoms with Crippen LogP contribution in [0.25, 0.3) is 0 Å². The molecule has 0 unspecified atom stereocenters. The van der Waals surface area contributed by atoms with Crippen LogP contribution in [0.15, 0.2) is 9.67 Å². The molecule has 0 saturated heterocycles. The van der Waals surface area contributed by atoms with E-state index < -0.39 is 0 Å². The van der Waals surface area contributed by atoms with Gasteiger partial charge in [-0.05, 0) is 0 Å². The van der Waals surface area contributed by atoms with Crippen molar-refractivity contribution < 1.29 is 5.48 Å². The van der Waals surface area contributed by atoms with Gasteiger partial charge in [0.15, 0.2) is 0 Å². The summed E-state index contributed by atoms with van der Waals surface area (Å²) in [5, 5.41) is 0. The van der Waals surface area contributed by atoms with Crippen LogP contribution in [0, 0.1) is 0 Å². The SMILES string of the molecule is C[C]1=C[C](C)=[Sn]1.O. The molecule has 7 heavy (non-hydrogen) atoms. The first-order valence-electron chi connectivity index (χ1n) is 2.08. The van der Waals surface area contributed by atoms with Gasteiger partial charge in [-0.15, -0.1) is 0 Å². The summed E-state index contributed by atoms with van der Waals surface area (Å²) in [6.45, 7) is 4.47. The van der Waals surface area contributed by atoms with E-state index in [1.54, 1.807) is 7.11 Å². The maximum Gasteiger partial charge on any atom is -0.412 e. The summed E-state index contributed by atoms with van der Waals surface area (Å²) in [6.07, 6.45) is 2.30. The Kier molecular flexibility index (Phi) is 2.76. The fourth-order valence-corrected chi connectivity index (χ4v) is 3.40. The first-order valence-corrected chi connectivity index (χ1v) is 4.93. The molecule has 0 aromatic heterocycles. The van der Waals surface area contributed by atoms with Crippen molar-refractivity contribution in [3.63, 3.8) is 0 Å². The molecule has 0 aliphatic carbocycles. The minimum absolute atomic E-state index is 0. The van der Waals surface area contributed by atoms with E-state index >= 15 is 0 Å². The molecule has 2 heteroatoms. The molecule has 1 radical (unpaired) electrons. The van der Waals surface area contributed by atoms with Crippen LogP contribution in [0.2, 0.25) is 0 Å². The second kappa shape index (κ2) is 2.62. The minimum atomic E-state index is 0. The second-order valence-corrected chi connectivity index (χ2v) is 6.85. The molecule has 1 rings (SSSR count). The molecule has 0 aromatic carbocycles. The van der Waals surface area contributed by atoms with Gasteiger partial charge in [-0.3, -0.25) is 0 Å². The largest absolute Gasteiger partial charge is 0.412 e. The molecule has 2 N–H and O–H groups in total. The van der Waals surface area contributed by atoms with Gasteiger partial charge in [-0.25, -0.2) is 0 Å². The molecule has 1 heterocycles. The van der Waals surface area contributed by atoms with Crippen molar-refractivity contribution >= 4 is 24.2 Å². The molecule has 0 amide bonds. The molecule has 39 valence electrons. The average Bonchev–Trinajstić information content (AvgIpc) is 1.33. The van der Waals surface area contributed by atoms with E-state index in [9.17, 15) is 0 Å². The van der Waals surface area contributed by atoms with E-state index in [1.807, 2.05) is 0 Å². The summed E-state index contributed by atoms with van der Waals surface area (Å²) in [7, 11) is 0. The van der Waals surface area contributed by atoms with Gasteiger partial charge in [-0.2, -0.15) is 0 Å². The maximum atomic E-state index is 2.30. The summed E-state index contributed by atoms with van der Waals surface area (Å²) >= 11 is 0.00333. The molecule has 1 nitrogen and oxygen atoms in total. The van der Waals surface area contributed by atoms with Crippen molar-refractivity contribution in [3.05, 3.63) is 9.67 Å². The first-order chi connectivity index (χ1) is 2.79. The van der Waals surface area contributed by atoms with E-state index in [2.05, 4.69) is 19.9 Å². The van der Waals surface area contributed by atoms with Crippen LogP contribution >= 0.6 is 0 Å². The van der Waals surface area contributed by atoms with E-state index in [1.165, 1.54) is 0 Å². The summed E-state index contributed by atoms with van der Waals surface area (Å²) in [5.41, 5.74) is 0. The third-order valence-electron chi connectivity index (χ3n) is 0.827. The van der Waals surface area contributed by atoms with Crippen molar-refractivity contribution in [3.8, 4) is 0 Å². The van der Waals surface area contributed by atoms with Crippen LogP contribution in [0.5, 0.6) is 0 Å². The van der Waals surface area contributed by atoms with Gasteiger partial charge in [0.2, 0.25) is 0 Å². The van der Waals surface area contributed by atoms with Crippen molar-refractivity contribution in [2.75, 3.05) is 0 Å². The molecule has 0 atom stereocenters. The number of rotatable bonds is 0. The van der Waals surface area contributed by atoms with Crippen LogP contribution in [0.1, 0.15) is 13.8 Å². The zero-order chi connectivity index (χ0) is 4.57. The maximum absolute atomic E-state index is 2.30. The van der Waals surface area contributed by atoms with Gasteiger partial charge in [0.05, 0.1) is 0 Å². The van der Waals surface area contributed by atoms with Crippen molar-refractivity contribution in [1.29, 1.82) is 0 Å². The normalized spacial score (nSPS) is 15.7. The Morgan fingerprint density at radius 1 is 1.43 bits per heavy atom. The summed E-state index contributed by atoms with van der Waals surface area (Å²) in [6, 6.07) is 0. The van der Waals surface area contributed by atoms with Crippen molar-refractivity contribution in [2.24, 2.45) is 0 Å². The van der Waals surface area contributed by atoms with Gasteiger partial charge in [0.25, 0.3) is 0 Å². The fourth-order valence-electron chi connectivity index (χ4n) is 0.630. The van der Waals surface area contributed by atoms with Gasteiger partial charge in [0, 0.05) is 0 Å². The Morgan fingerprint density at radius 2 is 1.86 bits per heavy atom. The molecule has 1 aliphatic heterocycles. The number of hydrogen-bond donors (Lipinski definition) is 0. The molecular formula is C5H9OSn. The topological polar surface area (TPSA) is 31.5 Å². The third-order valence-corrected chi connectivity index (χ3v) is 3.90. The van der Waals surface area contributed by atoms with Crippen LogP contribution in [-0.4, -0.2) is 29.7 Å².